The Labute approximate surface area is 167 Å². The number of anilines is 2. The van der Waals surface area contributed by atoms with E-state index >= 15 is 0 Å². The number of benzene rings is 2. The van der Waals surface area contributed by atoms with Gasteiger partial charge in [0, 0.05) is 5.56 Å². The number of methoxy groups -OCH3 is 1. The molecule has 1 aliphatic rings. The van der Waals surface area contributed by atoms with E-state index in [0.717, 1.165) is 11.1 Å². The number of pyridine rings is 1. The summed E-state index contributed by atoms with van der Waals surface area (Å²) in [5.74, 6) is 0.504. The molecule has 1 aliphatic heterocycles. The fourth-order valence-corrected chi connectivity index (χ4v) is 3.20. The maximum absolute atomic E-state index is 13.3. The molecule has 2 heterocycles. The molecule has 0 bridgehead atoms. The first-order valence-electron chi connectivity index (χ1n) is 9.03. The zero-order valence-corrected chi connectivity index (χ0v) is 15.7. The molecular weight excluding hydrogens is 370 g/mol. The van der Waals surface area contributed by atoms with Crippen LogP contribution in [-0.4, -0.2) is 24.0 Å². The Hall–Kier alpha value is -3.87. The molecule has 2 aromatic carbocycles. The van der Waals surface area contributed by atoms with Crippen molar-refractivity contribution in [3.63, 3.8) is 0 Å². The summed E-state index contributed by atoms with van der Waals surface area (Å²) in [6, 6.07) is 19.5. The summed E-state index contributed by atoms with van der Waals surface area (Å²) in [5, 5.41) is 0. The molecule has 1 unspecified atom stereocenters. The average Bonchev–Trinajstić information content (AvgIpc) is 2.76. The van der Waals surface area contributed by atoms with E-state index < -0.39 is 12.1 Å². The predicted octanol–water partition coefficient (Wildman–Crippen LogP) is 3.12. The van der Waals surface area contributed by atoms with Crippen LogP contribution in [-0.2, 0) is 16.1 Å². The molecule has 7 heteroatoms. The molecule has 1 atom stereocenters. The SMILES string of the molecule is COC(=O)c1ccc(CN2C(=O)C(c3ccccc3)Oc3ccc(N)nc32)cc1. The number of esters is 1. The number of hydrogen-bond donors (Lipinski definition) is 1. The first kappa shape index (κ1) is 18.5. The lowest BCUT2D eigenvalue weighted by Crippen LogP contribution is -2.41. The number of amides is 1. The fourth-order valence-electron chi connectivity index (χ4n) is 3.20. The molecule has 1 amide bonds. The van der Waals surface area contributed by atoms with E-state index in [1.54, 1.807) is 41.3 Å². The first-order valence-corrected chi connectivity index (χ1v) is 9.03. The highest BCUT2D eigenvalue weighted by Crippen LogP contribution is 2.38. The van der Waals surface area contributed by atoms with Gasteiger partial charge in [0.2, 0.25) is 6.10 Å². The molecule has 29 heavy (non-hydrogen) atoms. The summed E-state index contributed by atoms with van der Waals surface area (Å²) < 4.78 is 10.7. The van der Waals surface area contributed by atoms with Gasteiger partial charge in [-0.2, -0.15) is 0 Å². The van der Waals surface area contributed by atoms with Crippen LogP contribution in [0.2, 0.25) is 0 Å². The maximum Gasteiger partial charge on any atom is 0.337 e. The highest BCUT2D eigenvalue weighted by atomic mass is 16.5. The van der Waals surface area contributed by atoms with Crippen LogP contribution in [0.4, 0.5) is 11.6 Å². The summed E-state index contributed by atoms with van der Waals surface area (Å²) in [4.78, 5) is 30.8. The molecule has 3 aromatic rings. The van der Waals surface area contributed by atoms with Gasteiger partial charge in [0.1, 0.15) is 5.82 Å². The minimum Gasteiger partial charge on any atom is -0.472 e. The lowest BCUT2D eigenvalue weighted by molar-refractivity contribution is -0.126. The highest BCUT2D eigenvalue weighted by molar-refractivity contribution is 5.99. The van der Waals surface area contributed by atoms with E-state index in [1.807, 2.05) is 30.3 Å². The van der Waals surface area contributed by atoms with Crippen molar-refractivity contribution < 1.29 is 19.1 Å². The molecule has 146 valence electrons. The Morgan fingerprint density at radius 1 is 1.10 bits per heavy atom. The van der Waals surface area contributed by atoms with Gasteiger partial charge in [-0.15, -0.1) is 0 Å². The number of rotatable bonds is 4. The molecular formula is C22H19N3O4. The highest BCUT2D eigenvalue weighted by Gasteiger charge is 2.36. The van der Waals surface area contributed by atoms with Crippen LogP contribution >= 0.6 is 0 Å². The second-order valence-corrected chi connectivity index (χ2v) is 6.58. The number of aromatic nitrogens is 1. The summed E-state index contributed by atoms with van der Waals surface area (Å²) in [5.41, 5.74) is 7.86. The molecule has 0 radical (unpaired) electrons. The van der Waals surface area contributed by atoms with Gasteiger partial charge in [-0.3, -0.25) is 9.69 Å². The third-order valence-electron chi connectivity index (χ3n) is 4.67. The van der Waals surface area contributed by atoms with Crippen molar-refractivity contribution >= 4 is 23.5 Å². The molecule has 1 aromatic heterocycles. The number of fused-ring (bicyclic) bond motifs is 1. The molecule has 2 N–H and O–H groups in total. The van der Waals surface area contributed by atoms with Gasteiger partial charge in [-0.25, -0.2) is 9.78 Å². The van der Waals surface area contributed by atoms with Crippen LogP contribution in [0.1, 0.15) is 27.6 Å². The first-order chi connectivity index (χ1) is 14.1. The van der Waals surface area contributed by atoms with Gasteiger partial charge < -0.3 is 15.2 Å². The standard InChI is InChI=1S/C22H19N3O4/c1-28-22(27)16-9-7-14(8-10-16)13-25-20-17(11-12-18(23)24-20)29-19(21(25)26)15-5-3-2-4-6-15/h2-12,19H,13H2,1H3,(H2,23,24). The van der Waals surface area contributed by atoms with Gasteiger partial charge in [-0.05, 0) is 29.8 Å². The maximum atomic E-state index is 13.3. The topological polar surface area (TPSA) is 94.8 Å². The van der Waals surface area contributed by atoms with Crippen molar-refractivity contribution in [2.75, 3.05) is 17.7 Å². The van der Waals surface area contributed by atoms with Crippen molar-refractivity contribution in [1.82, 2.24) is 4.98 Å². The van der Waals surface area contributed by atoms with Crippen molar-refractivity contribution in [2.24, 2.45) is 0 Å². The quantitative estimate of drug-likeness (QED) is 0.689. The van der Waals surface area contributed by atoms with E-state index in [1.165, 1.54) is 7.11 Å². The Morgan fingerprint density at radius 2 is 1.83 bits per heavy atom. The third kappa shape index (κ3) is 3.62. The summed E-state index contributed by atoms with van der Waals surface area (Å²) >= 11 is 0. The van der Waals surface area contributed by atoms with Crippen molar-refractivity contribution in [3.05, 3.63) is 83.4 Å². The lowest BCUT2D eigenvalue weighted by Gasteiger charge is -2.33. The molecule has 0 saturated heterocycles. The van der Waals surface area contributed by atoms with Gasteiger partial charge in [0.25, 0.3) is 5.91 Å². The molecule has 0 spiro atoms. The van der Waals surface area contributed by atoms with Crippen LogP contribution in [0.15, 0.2) is 66.7 Å². The Bertz CT molecular complexity index is 1050. The molecule has 7 nitrogen and oxygen atoms in total. The number of nitrogen functional groups attached to an aromatic ring is 1. The normalized spacial score (nSPS) is 15.4. The smallest absolute Gasteiger partial charge is 0.337 e. The number of nitrogens with zero attached hydrogens (tertiary/aromatic N) is 2. The third-order valence-corrected chi connectivity index (χ3v) is 4.67. The van der Waals surface area contributed by atoms with E-state index in [9.17, 15) is 9.59 Å². The van der Waals surface area contributed by atoms with Gasteiger partial charge >= 0.3 is 5.97 Å². The number of nitrogens with two attached hydrogens (primary N) is 1. The summed E-state index contributed by atoms with van der Waals surface area (Å²) in [6.45, 7) is 0.260. The largest absolute Gasteiger partial charge is 0.472 e. The Kier molecular flexibility index (Phi) is 4.87. The van der Waals surface area contributed by atoms with Crippen LogP contribution in [0.5, 0.6) is 5.75 Å². The zero-order chi connectivity index (χ0) is 20.4. The van der Waals surface area contributed by atoms with Crippen LogP contribution in [0, 0.1) is 0 Å². The average molecular weight is 389 g/mol. The van der Waals surface area contributed by atoms with Crippen LogP contribution in [0.25, 0.3) is 0 Å². The van der Waals surface area contributed by atoms with Crippen LogP contribution in [0.3, 0.4) is 0 Å². The Morgan fingerprint density at radius 3 is 2.52 bits per heavy atom. The fraction of sp³-hybridized carbons (Fsp3) is 0.136. The van der Waals surface area contributed by atoms with E-state index in [2.05, 4.69) is 4.98 Å². The van der Waals surface area contributed by atoms with Crippen molar-refractivity contribution in [3.8, 4) is 5.75 Å². The Balaban J connectivity index is 1.69. The predicted molar refractivity (Wildman–Crippen MR) is 107 cm³/mol. The summed E-state index contributed by atoms with van der Waals surface area (Å²) in [6.07, 6.45) is -0.775. The van der Waals surface area contributed by atoms with E-state index in [4.69, 9.17) is 15.2 Å². The molecule has 4 rings (SSSR count). The number of carbonyl (C=O) groups excluding carboxylic acids is 2. The van der Waals surface area contributed by atoms with E-state index in [0.29, 0.717) is 22.9 Å². The number of ether oxygens (including phenoxy) is 2. The van der Waals surface area contributed by atoms with Gasteiger partial charge in [0.15, 0.2) is 11.6 Å². The zero-order valence-electron chi connectivity index (χ0n) is 15.7. The van der Waals surface area contributed by atoms with Crippen molar-refractivity contribution in [2.45, 2.75) is 12.6 Å². The van der Waals surface area contributed by atoms with Gasteiger partial charge in [-0.1, -0.05) is 42.5 Å². The molecule has 0 fully saturated rings. The minimum atomic E-state index is -0.775. The van der Waals surface area contributed by atoms with E-state index in [-0.39, 0.29) is 12.5 Å². The minimum absolute atomic E-state index is 0.237. The number of carbonyl (C=O) groups is 2. The van der Waals surface area contributed by atoms with Crippen molar-refractivity contribution in [1.29, 1.82) is 0 Å². The monoisotopic (exact) mass is 389 g/mol. The molecule has 0 saturated carbocycles. The van der Waals surface area contributed by atoms with Gasteiger partial charge in [0.05, 0.1) is 19.2 Å². The lowest BCUT2D eigenvalue weighted by atomic mass is 10.1. The summed E-state index contributed by atoms with van der Waals surface area (Å²) in [7, 11) is 1.33. The molecule has 0 aliphatic carbocycles. The van der Waals surface area contributed by atoms with Crippen LogP contribution < -0.4 is 15.4 Å². The second-order valence-electron chi connectivity index (χ2n) is 6.58. The number of hydrogen-bond acceptors (Lipinski definition) is 6. The second kappa shape index (κ2) is 7.63.